The number of benzene rings is 8. The predicted octanol–water partition coefficient (Wildman–Crippen LogP) is 12.5. The first kappa shape index (κ1) is 65.3. The van der Waals surface area contributed by atoms with Gasteiger partial charge in [-0.2, -0.15) is 0 Å². The summed E-state index contributed by atoms with van der Waals surface area (Å²) in [5, 5.41) is 36.5. The van der Waals surface area contributed by atoms with Gasteiger partial charge in [0.1, 0.15) is 22.8 Å². The molecule has 20 nitrogen and oxygen atoms in total. The average Bonchev–Trinajstić information content (AvgIpc) is 1.54. The van der Waals surface area contributed by atoms with E-state index in [1.165, 1.54) is 0 Å². The molecular weight excluding hydrogens is 1220 g/mol. The molecule has 97 heavy (non-hydrogen) atoms. The van der Waals surface area contributed by atoms with Crippen molar-refractivity contribution in [2.24, 2.45) is 0 Å². The zero-order chi connectivity index (χ0) is 67.1. The van der Waals surface area contributed by atoms with Crippen molar-refractivity contribution >= 4 is 23.9 Å². The first-order chi connectivity index (χ1) is 47.5. The Balaban J connectivity index is 0.980. The van der Waals surface area contributed by atoms with Crippen LogP contribution >= 0.6 is 0 Å². The number of hydrogen-bond acceptors (Lipinski definition) is 16. The Morgan fingerprint density at radius 1 is 0.299 bits per heavy atom. The van der Waals surface area contributed by atoms with E-state index in [1.54, 1.807) is 71.2 Å². The van der Waals surface area contributed by atoms with Crippen molar-refractivity contribution < 1.29 is 38.1 Å². The maximum Gasteiger partial charge on any atom is 0.331 e. The van der Waals surface area contributed by atoms with Crippen LogP contribution in [0.15, 0.2) is 243 Å². The molecule has 12 rings (SSSR count). The third kappa shape index (κ3) is 14.8. The summed E-state index contributed by atoms with van der Waals surface area (Å²) in [7, 11) is 0. The van der Waals surface area contributed by atoms with Crippen molar-refractivity contribution in [3.8, 4) is 45.0 Å². The van der Waals surface area contributed by atoms with E-state index in [1.807, 2.05) is 170 Å². The van der Waals surface area contributed by atoms with Crippen molar-refractivity contribution in [2.45, 2.75) is 83.0 Å². The van der Waals surface area contributed by atoms with Crippen LogP contribution in [0.4, 0.5) is 0 Å². The Morgan fingerprint density at radius 2 is 0.495 bits per heavy atom. The standard InChI is InChI=1S/C77H72N12O8/c1-5-94-73(90)69(45-53-21-13-9-14-22-53)86-49-65(78-82-86)57-29-37-61(38-30-57)77(62-39-31-58(32-40-62)66-50-87(83-79-66)70(74(91)95-6-2)46-54-23-15-10-16-24-54,63-41-33-59(34-42-63)67-51-88(84-80-67)71(75(92)96-7-3)47-55-25-17-11-18-26-55)64-43-35-60(36-44-64)68-52-89(85-81-68)72(76(93)97-8-4)48-56-27-19-12-20-28-56/h9-44,49-52,69-72H,5-8,45-48H2,1-4H3/t69-,70-,71-,72-/m0/s1. The maximum atomic E-state index is 13.6. The molecule has 0 spiro atoms. The number of nitrogens with zero attached hydrogens (tertiary/aromatic N) is 12. The van der Waals surface area contributed by atoms with Gasteiger partial charge in [-0.05, 0) is 72.2 Å². The molecule has 8 aromatic carbocycles. The molecule has 0 aliphatic rings. The molecule has 0 N–H and O–H groups in total. The van der Waals surface area contributed by atoms with E-state index in [-0.39, 0.29) is 26.4 Å². The van der Waals surface area contributed by atoms with Gasteiger partial charge in [0.15, 0.2) is 24.2 Å². The highest BCUT2D eigenvalue weighted by Gasteiger charge is 2.40. The van der Waals surface area contributed by atoms with Gasteiger partial charge in [-0.25, -0.2) is 37.9 Å². The van der Waals surface area contributed by atoms with Gasteiger partial charge in [0, 0.05) is 47.9 Å². The average molecular weight is 1290 g/mol. The second kappa shape index (κ2) is 30.5. The highest BCUT2D eigenvalue weighted by Crippen LogP contribution is 2.47. The molecule has 20 heteroatoms. The molecule has 4 aromatic heterocycles. The summed E-state index contributed by atoms with van der Waals surface area (Å²) in [5.41, 5.74) is 11.3. The number of ether oxygens (including phenoxy) is 4. The van der Waals surface area contributed by atoms with Crippen molar-refractivity contribution in [3.63, 3.8) is 0 Å². The van der Waals surface area contributed by atoms with E-state index in [2.05, 4.69) is 89.8 Å². The number of rotatable bonds is 28. The van der Waals surface area contributed by atoms with E-state index in [0.29, 0.717) is 48.5 Å². The summed E-state index contributed by atoms with van der Waals surface area (Å²) < 4.78 is 28.5. The fourth-order valence-corrected chi connectivity index (χ4v) is 12.3. The molecule has 0 amide bonds. The van der Waals surface area contributed by atoms with Gasteiger partial charge in [0.25, 0.3) is 0 Å². The SMILES string of the molecule is CCOC(=O)[C@H](Cc1ccccc1)n1cc(-c2ccc(C(c3ccc(-c4cn([C@@H](Cc5ccccc5)C(=O)OCC)nn4)cc3)(c3ccc(-c4cn([C@@H](Cc5ccccc5)C(=O)OCC)nn4)cc3)c3ccc(-c4cn([C@@H](Cc5ccccc5)C(=O)OCC)nn4)cc3)cc2)nn1. The zero-order valence-electron chi connectivity index (χ0n) is 54.2. The lowest BCUT2D eigenvalue weighted by Gasteiger charge is -2.37. The van der Waals surface area contributed by atoms with E-state index in [9.17, 15) is 19.2 Å². The molecule has 0 saturated carbocycles. The number of carbonyl (C=O) groups excluding carboxylic acids is 4. The van der Waals surface area contributed by atoms with Crippen LogP contribution in [-0.4, -0.2) is 110 Å². The Hall–Kier alpha value is -11.8. The summed E-state index contributed by atoms with van der Waals surface area (Å²) in [6.45, 7) is 7.95. The van der Waals surface area contributed by atoms with Crippen molar-refractivity contribution in [1.82, 2.24) is 60.0 Å². The monoisotopic (exact) mass is 1290 g/mol. The third-order valence-electron chi connectivity index (χ3n) is 17.1. The van der Waals surface area contributed by atoms with Crippen LogP contribution in [0.1, 0.15) is 96.4 Å². The summed E-state index contributed by atoms with van der Waals surface area (Å²) in [6.07, 6.45) is 8.49. The van der Waals surface area contributed by atoms with Gasteiger partial charge in [-0.15, -0.1) is 20.4 Å². The molecule has 0 radical (unpaired) electrons. The molecule has 488 valence electrons. The van der Waals surface area contributed by atoms with Crippen LogP contribution in [0, 0.1) is 0 Å². The lowest BCUT2D eigenvalue weighted by Crippen LogP contribution is -2.31. The van der Waals surface area contributed by atoms with E-state index >= 15 is 0 Å². The minimum absolute atomic E-state index is 0.208. The first-order valence-electron chi connectivity index (χ1n) is 32.5. The lowest BCUT2D eigenvalue weighted by molar-refractivity contribution is -0.148. The molecule has 0 aliphatic carbocycles. The van der Waals surface area contributed by atoms with Crippen LogP contribution in [-0.2, 0) is 69.2 Å². The number of aromatic nitrogens is 12. The van der Waals surface area contributed by atoms with Crippen molar-refractivity contribution in [1.29, 1.82) is 0 Å². The molecule has 0 bridgehead atoms. The summed E-state index contributed by atoms with van der Waals surface area (Å²) >= 11 is 0. The summed E-state index contributed by atoms with van der Waals surface area (Å²) in [4.78, 5) is 54.3. The molecular formula is C77H72N12O8. The predicted molar refractivity (Wildman–Crippen MR) is 364 cm³/mol. The van der Waals surface area contributed by atoms with Crippen LogP contribution in [0.5, 0.6) is 0 Å². The van der Waals surface area contributed by atoms with Gasteiger partial charge < -0.3 is 18.9 Å². The Labute approximate surface area is 561 Å². The van der Waals surface area contributed by atoms with E-state index in [0.717, 1.165) is 66.8 Å². The normalized spacial score (nSPS) is 12.7. The summed E-state index contributed by atoms with van der Waals surface area (Å²) in [5.74, 6) is -1.66. The highest BCUT2D eigenvalue weighted by molar-refractivity contribution is 5.77. The Morgan fingerprint density at radius 3 is 0.680 bits per heavy atom. The fourth-order valence-electron chi connectivity index (χ4n) is 12.3. The second-order valence-corrected chi connectivity index (χ2v) is 23.2. The highest BCUT2D eigenvalue weighted by atomic mass is 16.5. The van der Waals surface area contributed by atoms with Gasteiger partial charge in [-0.3, -0.25) is 0 Å². The van der Waals surface area contributed by atoms with Gasteiger partial charge in [0.05, 0.1) is 56.6 Å². The van der Waals surface area contributed by atoms with E-state index < -0.39 is 53.5 Å². The molecule has 4 atom stereocenters. The van der Waals surface area contributed by atoms with Crippen LogP contribution in [0.2, 0.25) is 0 Å². The van der Waals surface area contributed by atoms with Crippen LogP contribution in [0.3, 0.4) is 0 Å². The molecule has 0 aliphatic heterocycles. The Kier molecular flexibility index (Phi) is 20.5. The smallest absolute Gasteiger partial charge is 0.331 e. The zero-order valence-corrected chi connectivity index (χ0v) is 54.2. The number of carbonyl (C=O) groups is 4. The van der Waals surface area contributed by atoms with E-state index in [4.69, 9.17) is 18.9 Å². The maximum absolute atomic E-state index is 13.6. The summed E-state index contributed by atoms with van der Waals surface area (Å²) in [6, 6.07) is 68.5. The molecule has 4 heterocycles. The lowest BCUT2D eigenvalue weighted by atomic mass is 9.64. The van der Waals surface area contributed by atoms with Crippen molar-refractivity contribution in [3.05, 3.63) is 288 Å². The minimum atomic E-state index is -1.11. The first-order valence-corrected chi connectivity index (χ1v) is 32.5. The fraction of sp³-hybridized carbons (Fsp3) is 0.221. The Bertz CT molecular complexity index is 3970. The topological polar surface area (TPSA) is 228 Å². The number of hydrogen-bond donors (Lipinski definition) is 0. The molecule has 12 aromatic rings. The quantitative estimate of drug-likeness (QED) is 0.0252. The van der Waals surface area contributed by atoms with Crippen molar-refractivity contribution in [2.75, 3.05) is 26.4 Å². The molecule has 0 saturated heterocycles. The van der Waals surface area contributed by atoms with Gasteiger partial charge in [-0.1, -0.05) is 239 Å². The second-order valence-electron chi connectivity index (χ2n) is 23.2. The largest absolute Gasteiger partial charge is 0.464 e. The van der Waals surface area contributed by atoms with Gasteiger partial charge >= 0.3 is 23.9 Å². The minimum Gasteiger partial charge on any atom is -0.464 e. The molecule has 0 fully saturated rings. The van der Waals surface area contributed by atoms with Gasteiger partial charge in [0.2, 0.25) is 0 Å². The van der Waals surface area contributed by atoms with Crippen LogP contribution in [0.25, 0.3) is 45.0 Å². The third-order valence-corrected chi connectivity index (χ3v) is 17.1. The van der Waals surface area contributed by atoms with Crippen LogP contribution < -0.4 is 0 Å². The number of esters is 4. The molecule has 0 unspecified atom stereocenters.